The van der Waals surface area contributed by atoms with Gasteiger partial charge >= 0.3 is 5.97 Å². The maximum atomic E-state index is 11.8. The summed E-state index contributed by atoms with van der Waals surface area (Å²) < 4.78 is 11.3. The SMILES string of the molecule is C=CC(=O)Oc1c2c(c(OC)c3cc(C)ccc13)CCCC2. The number of methoxy groups -OCH3 is 1. The summed E-state index contributed by atoms with van der Waals surface area (Å²) in [4.78, 5) is 11.8. The zero-order chi connectivity index (χ0) is 15.7. The quantitative estimate of drug-likeness (QED) is 0.485. The minimum atomic E-state index is -0.417. The van der Waals surface area contributed by atoms with Gasteiger partial charge in [-0.1, -0.05) is 24.3 Å². The van der Waals surface area contributed by atoms with Gasteiger partial charge < -0.3 is 9.47 Å². The lowest BCUT2D eigenvalue weighted by Crippen LogP contribution is -2.12. The number of benzene rings is 2. The van der Waals surface area contributed by atoms with Crippen molar-refractivity contribution >= 4 is 16.7 Å². The number of hydrogen-bond donors (Lipinski definition) is 0. The van der Waals surface area contributed by atoms with Crippen molar-refractivity contribution in [2.45, 2.75) is 32.6 Å². The van der Waals surface area contributed by atoms with Gasteiger partial charge in [-0.15, -0.1) is 0 Å². The minimum Gasteiger partial charge on any atom is -0.496 e. The first-order valence-electron chi connectivity index (χ1n) is 7.62. The molecule has 0 unspecified atom stereocenters. The monoisotopic (exact) mass is 296 g/mol. The normalized spacial score (nSPS) is 13.5. The Morgan fingerprint density at radius 3 is 2.45 bits per heavy atom. The highest BCUT2D eigenvalue weighted by Crippen LogP contribution is 2.44. The van der Waals surface area contributed by atoms with E-state index in [0.717, 1.165) is 53.3 Å². The molecule has 0 saturated heterocycles. The van der Waals surface area contributed by atoms with Gasteiger partial charge in [0, 0.05) is 28.0 Å². The third kappa shape index (κ3) is 2.37. The van der Waals surface area contributed by atoms with E-state index in [1.807, 2.05) is 19.1 Å². The molecule has 0 saturated carbocycles. The van der Waals surface area contributed by atoms with E-state index in [-0.39, 0.29) is 0 Å². The number of ether oxygens (including phenoxy) is 2. The molecule has 0 radical (unpaired) electrons. The molecule has 0 bridgehead atoms. The van der Waals surface area contributed by atoms with Crippen LogP contribution in [0.1, 0.15) is 29.5 Å². The number of rotatable bonds is 3. The van der Waals surface area contributed by atoms with Crippen LogP contribution in [0.5, 0.6) is 11.5 Å². The third-order valence-electron chi connectivity index (χ3n) is 4.25. The van der Waals surface area contributed by atoms with Gasteiger partial charge in [-0.25, -0.2) is 4.79 Å². The number of fused-ring (bicyclic) bond motifs is 2. The number of hydrogen-bond acceptors (Lipinski definition) is 3. The van der Waals surface area contributed by atoms with Crippen molar-refractivity contribution < 1.29 is 14.3 Å². The Labute approximate surface area is 130 Å². The molecule has 3 heteroatoms. The van der Waals surface area contributed by atoms with E-state index in [1.54, 1.807) is 7.11 Å². The van der Waals surface area contributed by atoms with Crippen molar-refractivity contribution in [2.75, 3.05) is 7.11 Å². The fourth-order valence-corrected chi connectivity index (χ4v) is 3.27. The molecular weight excluding hydrogens is 276 g/mol. The highest BCUT2D eigenvalue weighted by Gasteiger charge is 2.24. The van der Waals surface area contributed by atoms with Crippen molar-refractivity contribution in [1.82, 2.24) is 0 Å². The van der Waals surface area contributed by atoms with Crippen LogP contribution in [0.25, 0.3) is 10.8 Å². The summed E-state index contributed by atoms with van der Waals surface area (Å²) in [5, 5.41) is 1.94. The van der Waals surface area contributed by atoms with E-state index in [0.29, 0.717) is 5.75 Å². The van der Waals surface area contributed by atoms with Gasteiger partial charge in [0.25, 0.3) is 0 Å². The van der Waals surface area contributed by atoms with Gasteiger partial charge in [0.2, 0.25) is 0 Å². The Bertz CT molecular complexity index is 759. The Kier molecular flexibility index (Phi) is 3.88. The molecule has 2 aromatic carbocycles. The molecule has 0 atom stereocenters. The summed E-state index contributed by atoms with van der Waals surface area (Å²) in [6.45, 7) is 5.55. The molecule has 0 aliphatic heterocycles. The van der Waals surface area contributed by atoms with Crippen LogP contribution in [-0.2, 0) is 17.6 Å². The van der Waals surface area contributed by atoms with Gasteiger partial charge in [0.15, 0.2) is 0 Å². The van der Waals surface area contributed by atoms with E-state index < -0.39 is 5.97 Å². The minimum absolute atomic E-state index is 0.417. The average Bonchev–Trinajstić information content (AvgIpc) is 2.54. The lowest BCUT2D eigenvalue weighted by Gasteiger charge is -2.24. The van der Waals surface area contributed by atoms with Crippen molar-refractivity contribution in [3.8, 4) is 11.5 Å². The van der Waals surface area contributed by atoms with Gasteiger partial charge in [0.1, 0.15) is 11.5 Å². The van der Waals surface area contributed by atoms with Crippen molar-refractivity contribution in [2.24, 2.45) is 0 Å². The standard InChI is InChI=1S/C19H20O3/c1-4-17(20)22-19-14-8-6-5-7-13(14)18(21-3)16-11-12(2)9-10-15(16)19/h4,9-11H,1,5-8H2,2-3H3. The Morgan fingerprint density at radius 1 is 1.14 bits per heavy atom. The molecule has 0 heterocycles. The number of esters is 1. The van der Waals surface area contributed by atoms with E-state index in [1.165, 1.54) is 11.6 Å². The smallest absolute Gasteiger partial charge is 0.335 e. The predicted molar refractivity (Wildman–Crippen MR) is 87.7 cm³/mol. The molecular formula is C19H20O3. The molecule has 0 spiro atoms. The highest BCUT2D eigenvalue weighted by molar-refractivity contribution is 5.98. The Balaban J connectivity index is 2.35. The van der Waals surface area contributed by atoms with Crippen LogP contribution >= 0.6 is 0 Å². The zero-order valence-electron chi connectivity index (χ0n) is 13.1. The van der Waals surface area contributed by atoms with Crippen LogP contribution in [0.3, 0.4) is 0 Å². The number of aryl methyl sites for hydroxylation is 1. The molecule has 114 valence electrons. The first-order chi connectivity index (χ1) is 10.7. The Hall–Kier alpha value is -2.29. The summed E-state index contributed by atoms with van der Waals surface area (Å²) >= 11 is 0. The molecule has 0 amide bonds. The lowest BCUT2D eigenvalue weighted by atomic mass is 9.87. The van der Waals surface area contributed by atoms with Crippen molar-refractivity contribution in [3.05, 3.63) is 47.5 Å². The largest absolute Gasteiger partial charge is 0.496 e. The highest BCUT2D eigenvalue weighted by atomic mass is 16.5. The molecule has 3 nitrogen and oxygen atoms in total. The molecule has 3 rings (SSSR count). The van der Waals surface area contributed by atoms with Crippen LogP contribution in [0, 0.1) is 6.92 Å². The van der Waals surface area contributed by atoms with Gasteiger partial charge in [-0.2, -0.15) is 0 Å². The van der Waals surface area contributed by atoms with Crippen molar-refractivity contribution in [3.63, 3.8) is 0 Å². The van der Waals surface area contributed by atoms with Crippen LogP contribution in [-0.4, -0.2) is 13.1 Å². The van der Waals surface area contributed by atoms with E-state index in [2.05, 4.69) is 12.6 Å². The third-order valence-corrected chi connectivity index (χ3v) is 4.25. The van der Waals surface area contributed by atoms with E-state index in [9.17, 15) is 4.79 Å². The summed E-state index contributed by atoms with van der Waals surface area (Å²) in [7, 11) is 1.71. The molecule has 1 aliphatic carbocycles. The van der Waals surface area contributed by atoms with Gasteiger partial charge in [-0.05, 0) is 38.7 Å². The summed E-state index contributed by atoms with van der Waals surface area (Å²) in [6, 6.07) is 6.13. The van der Waals surface area contributed by atoms with Gasteiger partial charge in [-0.3, -0.25) is 0 Å². The molecule has 22 heavy (non-hydrogen) atoms. The predicted octanol–water partition coefficient (Wildman–Crippen LogP) is 4.13. The maximum absolute atomic E-state index is 11.8. The summed E-state index contributed by atoms with van der Waals surface area (Å²) in [5.41, 5.74) is 3.44. The first kappa shape index (κ1) is 14.6. The van der Waals surface area contributed by atoms with E-state index in [4.69, 9.17) is 9.47 Å². The second kappa shape index (κ2) is 5.84. The lowest BCUT2D eigenvalue weighted by molar-refractivity contribution is -0.128. The number of carbonyl (C=O) groups excluding carboxylic acids is 1. The average molecular weight is 296 g/mol. The van der Waals surface area contributed by atoms with Crippen LogP contribution in [0.4, 0.5) is 0 Å². The van der Waals surface area contributed by atoms with Gasteiger partial charge in [0.05, 0.1) is 7.11 Å². The topological polar surface area (TPSA) is 35.5 Å². The molecule has 0 N–H and O–H groups in total. The zero-order valence-corrected chi connectivity index (χ0v) is 13.1. The fourth-order valence-electron chi connectivity index (χ4n) is 3.27. The van der Waals surface area contributed by atoms with E-state index >= 15 is 0 Å². The molecule has 0 fully saturated rings. The summed E-state index contributed by atoms with van der Waals surface area (Å²) in [5.74, 6) is 1.18. The molecule has 0 aromatic heterocycles. The molecule has 1 aliphatic rings. The Morgan fingerprint density at radius 2 is 1.82 bits per heavy atom. The van der Waals surface area contributed by atoms with Crippen LogP contribution in [0.2, 0.25) is 0 Å². The summed E-state index contributed by atoms with van der Waals surface area (Å²) in [6.07, 6.45) is 5.32. The van der Waals surface area contributed by atoms with Crippen LogP contribution in [0.15, 0.2) is 30.9 Å². The fraction of sp³-hybridized carbons (Fsp3) is 0.316. The van der Waals surface area contributed by atoms with Crippen molar-refractivity contribution in [1.29, 1.82) is 0 Å². The molecule has 2 aromatic rings. The second-order valence-corrected chi connectivity index (χ2v) is 5.70. The first-order valence-corrected chi connectivity index (χ1v) is 7.62. The maximum Gasteiger partial charge on any atom is 0.335 e. The second-order valence-electron chi connectivity index (χ2n) is 5.70. The van der Waals surface area contributed by atoms with Crippen LogP contribution < -0.4 is 9.47 Å². The number of carbonyl (C=O) groups is 1.